The van der Waals surface area contributed by atoms with Gasteiger partial charge in [0.1, 0.15) is 0 Å². The van der Waals surface area contributed by atoms with E-state index in [-0.39, 0.29) is 5.91 Å². The Morgan fingerprint density at radius 1 is 1.33 bits per heavy atom. The third kappa shape index (κ3) is 3.78. The van der Waals surface area contributed by atoms with E-state index in [4.69, 9.17) is 0 Å². The minimum atomic E-state index is 0.177. The fourth-order valence-electron chi connectivity index (χ4n) is 2.98. The van der Waals surface area contributed by atoms with Crippen LogP contribution in [0.15, 0.2) is 18.2 Å². The van der Waals surface area contributed by atoms with Gasteiger partial charge in [-0.2, -0.15) is 0 Å². The topological polar surface area (TPSA) is 32.3 Å². The van der Waals surface area contributed by atoms with E-state index in [0.29, 0.717) is 12.0 Å². The number of anilines is 1. The number of benzene rings is 1. The molecular weight excluding hydrogens is 260 g/mol. The van der Waals surface area contributed by atoms with Crippen molar-refractivity contribution < 1.29 is 4.79 Å². The van der Waals surface area contributed by atoms with E-state index in [1.54, 1.807) is 0 Å². The van der Waals surface area contributed by atoms with Gasteiger partial charge in [0.15, 0.2) is 0 Å². The van der Waals surface area contributed by atoms with Crippen molar-refractivity contribution in [3.05, 3.63) is 29.3 Å². The smallest absolute Gasteiger partial charge is 0.256 e. The van der Waals surface area contributed by atoms with Gasteiger partial charge in [-0.25, -0.2) is 0 Å². The maximum atomic E-state index is 13.0. The van der Waals surface area contributed by atoms with Gasteiger partial charge in [-0.3, -0.25) is 4.79 Å². The Bertz CT molecular complexity index is 498. The highest BCUT2D eigenvalue weighted by Gasteiger charge is 2.28. The van der Waals surface area contributed by atoms with Crippen LogP contribution >= 0.6 is 0 Å². The number of nitrogens with one attached hydrogen (secondary N) is 1. The summed E-state index contributed by atoms with van der Waals surface area (Å²) in [6.07, 6.45) is 3.38. The highest BCUT2D eigenvalue weighted by molar-refractivity contribution is 6.00. The summed E-state index contributed by atoms with van der Waals surface area (Å²) >= 11 is 0. The summed E-state index contributed by atoms with van der Waals surface area (Å²) in [5.74, 6) is 0.776. The van der Waals surface area contributed by atoms with Crippen LogP contribution in [0.5, 0.6) is 0 Å². The zero-order valence-electron chi connectivity index (χ0n) is 13.8. The molecule has 1 N–H and O–H groups in total. The molecule has 0 aromatic heterocycles. The molecule has 0 aliphatic carbocycles. The second-order valence-corrected chi connectivity index (χ2v) is 6.46. The number of likely N-dealkylation sites (tertiary alicyclic amines) is 1. The predicted molar refractivity (Wildman–Crippen MR) is 88.9 cm³/mol. The van der Waals surface area contributed by atoms with Gasteiger partial charge >= 0.3 is 0 Å². The van der Waals surface area contributed by atoms with Gasteiger partial charge in [-0.1, -0.05) is 25.5 Å². The first-order valence-electron chi connectivity index (χ1n) is 8.18. The molecule has 1 aromatic carbocycles. The molecule has 1 fully saturated rings. The number of hydrogen-bond acceptors (Lipinski definition) is 2. The van der Waals surface area contributed by atoms with Crippen LogP contribution in [0.25, 0.3) is 0 Å². The van der Waals surface area contributed by atoms with Crippen molar-refractivity contribution >= 4 is 11.6 Å². The van der Waals surface area contributed by atoms with Crippen molar-refractivity contribution in [2.45, 2.75) is 53.0 Å². The fraction of sp³-hybridized carbons (Fsp3) is 0.611. The van der Waals surface area contributed by atoms with Crippen molar-refractivity contribution in [3.8, 4) is 0 Å². The van der Waals surface area contributed by atoms with Crippen LogP contribution in [0.3, 0.4) is 0 Å². The van der Waals surface area contributed by atoms with E-state index in [2.05, 4.69) is 37.1 Å². The molecule has 1 amide bonds. The molecule has 1 aromatic rings. The lowest BCUT2D eigenvalue weighted by Crippen LogP contribution is -2.45. The first-order chi connectivity index (χ1) is 10.0. The van der Waals surface area contributed by atoms with Crippen LogP contribution in [0.1, 0.15) is 56.0 Å². The van der Waals surface area contributed by atoms with Crippen LogP contribution in [0.4, 0.5) is 5.69 Å². The summed E-state index contributed by atoms with van der Waals surface area (Å²) in [7, 11) is 0. The van der Waals surface area contributed by atoms with Crippen LogP contribution in [-0.4, -0.2) is 29.9 Å². The van der Waals surface area contributed by atoms with Crippen LogP contribution < -0.4 is 5.32 Å². The molecule has 1 aliphatic rings. The van der Waals surface area contributed by atoms with Gasteiger partial charge in [0.25, 0.3) is 5.91 Å². The summed E-state index contributed by atoms with van der Waals surface area (Å²) in [6.45, 7) is 10.4. The number of nitrogens with zero attached hydrogens (tertiary/aromatic N) is 1. The molecule has 116 valence electrons. The largest absolute Gasteiger partial charge is 0.384 e. The van der Waals surface area contributed by atoms with Crippen molar-refractivity contribution in [2.24, 2.45) is 5.92 Å². The van der Waals surface area contributed by atoms with Crippen molar-refractivity contribution in [3.63, 3.8) is 0 Å². The van der Waals surface area contributed by atoms with Crippen LogP contribution in [0, 0.1) is 12.8 Å². The van der Waals surface area contributed by atoms with Crippen LogP contribution in [0.2, 0.25) is 0 Å². The standard InChI is InChI=1S/C18H28N2O/c1-5-10-19-17-9-7-13(2)11-16(17)18(21)20-12-14(3)6-8-15(20)4/h7,9,11,14-15,19H,5-6,8,10,12H2,1-4H3. The van der Waals surface area contributed by atoms with Gasteiger partial charge in [0.2, 0.25) is 0 Å². The number of aryl methyl sites for hydroxylation is 1. The molecular formula is C18H28N2O. The molecule has 1 aliphatic heterocycles. The highest BCUT2D eigenvalue weighted by atomic mass is 16.2. The zero-order valence-corrected chi connectivity index (χ0v) is 13.8. The Labute approximate surface area is 128 Å². The van der Waals surface area contributed by atoms with E-state index < -0.39 is 0 Å². The molecule has 0 spiro atoms. The summed E-state index contributed by atoms with van der Waals surface area (Å²) < 4.78 is 0. The molecule has 21 heavy (non-hydrogen) atoms. The summed E-state index contributed by atoms with van der Waals surface area (Å²) in [4.78, 5) is 15.0. The fourth-order valence-corrected chi connectivity index (χ4v) is 2.98. The number of amides is 1. The van der Waals surface area contributed by atoms with E-state index in [9.17, 15) is 4.79 Å². The van der Waals surface area contributed by atoms with E-state index >= 15 is 0 Å². The molecule has 0 bridgehead atoms. The van der Waals surface area contributed by atoms with Crippen molar-refractivity contribution in [1.82, 2.24) is 4.90 Å². The predicted octanol–water partition coefficient (Wildman–Crippen LogP) is 4.08. The Balaban J connectivity index is 2.26. The number of carbonyl (C=O) groups excluding carboxylic acids is 1. The summed E-state index contributed by atoms with van der Waals surface area (Å²) in [6, 6.07) is 6.47. The third-order valence-corrected chi connectivity index (χ3v) is 4.35. The monoisotopic (exact) mass is 288 g/mol. The van der Waals surface area contributed by atoms with Crippen molar-refractivity contribution in [2.75, 3.05) is 18.4 Å². The minimum absolute atomic E-state index is 0.177. The number of hydrogen-bond donors (Lipinski definition) is 1. The SMILES string of the molecule is CCCNc1ccc(C)cc1C(=O)N1CC(C)CCC1C. The number of rotatable bonds is 4. The lowest BCUT2D eigenvalue weighted by Gasteiger charge is -2.37. The van der Waals surface area contributed by atoms with Gasteiger partial charge in [-0.15, -0.1) is 0 Å². The highest BCUT2D eigenvalue weighted by Crippen LogP contribution is 2.26. The van der Waals surface area contributed by atoms with Gasteiger partial charge in [0, 0.05) is 24.8 Å². The Morgan fingerprint density at radius 2 is 2.10 bits per heavy atom. The second kappa shape index (κ2) is 6.97. The third-order valence-electron chi connectivity index (χ3n) is 4.35. The van der Waals surface area contributed by atoms with Gasteiger partial charge in [0.05, 0.1) is 5.56 Å². The normalized spacial score (nSPS) is 22.2. The number of piperidine rings is 1. The molecule has 1 heterocycles. The lowest BCUT2D eigenvalue weighted by molar-refractivity contribution is 0.0575. The summed E-state index contributed by atoms with van der Waals surface area (Å²) in [5.41, 5.74) is 2.93. The van der Waals surface area contributed by atoms with E-state index in [0.717, 1.165) is 42.7 Å². The lowest BCUT2D eigenvalue weighted by atomic mass is 9.94. The molecule has 0 radical (unpaired) electrons. The average Bonchev–Trinajstić information content (AvgIpc) is 2.47. The van der Waals surface area contributed by atoms with Crippen LogP contribution in [-0.2, 0) is 0 Å². The maximum absolute atomic E-state index is 13.0. The number of carbonyl (C=O) groups is 1. The zero-order chi connectivity index (χ0) is 15.4. The molecule has 2 unspecified atom stereocenters. The maximum Gasteiger partial charge on any atom is 0.256 e. The molecule has 1 saturated heterocycles. The Kier molecular flexibility index (Phi) is 5.27. The first-order valence-corrected chi connectivity index (χ1v) is 8.18. The quantitative estimate of drug-likeness (QED) is 0.905. The molecule has 2 rings (SSSR count). The Hall–Kier alpha value is -1.51. The average molecular weight is 288 g/mol. The first kappa shape index (κ1) is 15.9. The minimum Gasteiger partial charge on any atom is -0.384 e. The van der Waals surface area contributed by atoms with E-state index in [1.165, 1.54) is 6.42 Å². The molecule has 0 saturated carbocycles. The van der Waals surface area contributed by atoms with Gasteiger partial charge < -0.3 is 10.2 Å². The molecule has 3 heteroatoms. The van der Waals surface area contributed by atoms with E-state index in [1.807, 2.05) is 19.1 Å². The Morgan fingerprint density at radius 3 is 2.81 bits per heavy atom. The van der Waals surface area contributed by atoms with Crippen molar-refractivity contribution in [1.29, 1.82) is 0 Å². The molecule has 3 nitrogen and oxygen atoms in total. The second-order valence-electron chi connectivity index (χ2n) is 6.46. The molecule has 2 atom stereocenters. The summed E-state index contributed by atoms with van der Waals surface area (Å²) in [5, 5.41) is 3.39. The van der Waals surface area contributed by atoms with Gasteiger partial charge in [-0.05, 0) is 51.2 Å².